The highest BCUT2D eigenvalue weighted by Crippen LogP contribution is 2.33. The van der Waals surface area contributed by atoms with Gasteiger partial charge in [0, 0.05) is 0 Å². The lowest BCUT2D eigenvalue weighted by Gasteiger charge is -2.26. The summed E-state index contributed by atoms with van der Waals surface area (Å²) in [5.41, 5.74) is 5.49. The first-order valence-corrected chi connectivity index (χ1v) is 12.5. The van der Waals surface area contributed by atoms with Crippen LogP contribution < -0.4 is 4.74 Å². The molecule has 0 aliphatic heterocycles. The van der Waals surface area contributed by atoms with Crippen LogP contribution in [0, 0.1) is 11.8 Å². The first kappa shape index (κ1) is 24.4. The second-order valence-electron chi connectivity index (χ2n) is 9.51. The molecule has 0 spiro atoms. The first-order valence-electron chi connectivity index (χ1n) is 12.5. The summed E-state index contributed by atoms with van der Waals surface area (Å²) in [6.45, 7) is 11.8. The molecule has 1 aliphatic rings. The average Bonchev–Trinajstić information content (AvgIpc) is 2.83. The molecular formula is C29H40O3. The van der Waals surface area contributed by atoms with E-state index in [2.05, 4.69) is 46.8 Å². The van der Waals surface area contributed by atoms with Crippen molar-refractivity contribution in [3.8, 4) is 16.9 Å². The molecule has 2 aromatic rings. The van der Waals surface area contributed by atoms with Gasteiger partial charge in [-0.15, -0.1) is 0 Å². The fourth-order valence-corrected chi connectivity index (χ4v) is 4.34. The predicted octanol–water partition coefficient (Wildman–Crippen LogP) is 7.64. The van der Waals surface area contributed by atoms with Gasteiger partial charge < -0.3 is 9.47 Å². The number of carbonyl (C=O) groups excluding carboxylic acids is 1. The summed E-state index contributed by atoms with van der Waals surface area (Å²) in [5, 5.41) is 0. The molecule has 0 N–H and O–H groups in total. The average molecular weight is 437 g/mol. The Morgan fingerprint density at radius 2 is 1.62 bits per heavy atom. The number of rotatable bonds is 9. The fourth-order valence-electron chi connectivity index (χ4n) is 4.34. The van der Waals surface area contributed by atoms with Gasteiger partial charge in [0.2, 0.25) is 0 Å². The Bertz CT molecular complexity index is 876. The lowest BCUT2D eigenvalue weighted by molar-refractivity contribution is 0.0174. The molecule has 1 fully saturated rings. The van der Waals surface area contributed by atoms with Gasteiger partial charge in [-0.2, -0.15) is 0 Å². The number of carbonyl (C=O) groups is 1. The number of ether oxygens (including phenoxy) is 2. The third kappa shape index (κ3) is 6.15. The Morgan fingerprint density at radius 3 is 2.22 bits per heavy atom. The SMILES string of the molecule is CCc1cc(-c2ccc(C(=O)OC3CCC(C)CC3)cc2)c(CC)cc1OCC(C)CC. The summed E-state index contributed by atoms with van der Waals surface area (Å²) >= 11 is 0. The third-order valence-electron chi connectivity index (χ3n) is 6.94. The Hall–Kier alpha value is -2.29. The van der Waals surface area contributed by atoms with Gasteiger partial charge in [0.1, 0.15) is 11.9 Å². The zero-order valence-electron chi connectivity index (χ0n) is 20.6. The molecular weight excluding hydrogens is 396 g/mol. The van der Waals surface area contributed by atoms with Crippen LogP contribution in [0.15, 0.2) is 36.4 Å². The van der Waals surface area contributed by atoms with E-state index in [9.17, 15) is 4.79 Å². The second kappa shape index (κ2) is 11.5. The summed E-state index contributed by atoms with van der Waals surface area (Å²) in [6, 6.07) is 12.4. The summed E-state index contributed by atoms with van der Waals surface area (Å²) in [7, 11) is 0. The number of hydrogen-bond donors (Lipinski definition) is 0. The van der Waals surface area contributed by atoms with E-state index in [1.807, 2.05) is 24.3 Å². The normalized spacial score (nSPS) is 19.4. The van der Waals surface area contributed by atoms with Crippen LogP contribution in [0.2, 0.25) is 0 Å². The van der Waals surface area contributed by atoms with Crippen LogP contribution >= 0.6 is 0 Å². The van der Waals surface area contributed by atoms with Crippen molar-refractivity contribution in [2.24, 2.45) is 11.8 Å². The molecule has 1 aliphatic carbocycles. The van der Waals surface area contributed by atoms with E-state index < -0.39 is 0 Å². The number of benzene rings is 2. The minimum atomic E-state index is -0.199. The van der Waals surface area contributed by atoms with E-state index in [1.54, 1.807) is 0 Å². The second-order valence-corrected chi connectivity index (χ2v) is 9.51. The zero-order valence-corrected chi connectivity index (χ0v) is 20.6. The molecule has 3 nitrogen and oxygen atoms in total. The smallest absolute Gasteiger partial charge is 0.338 e. The van der Waals surface area contributed by atoms with Crippen LogP contribution in [-0.2, 0) is 17.6 Å². The molecule has 1 atom stereocenters. The molecule has 0 bridgehead atoms. The van der Waals surface area contributed by atoms with Gasteiger partial charge in [-0.3, -0.25) is 0 Å². The van der Waals surface area contributed by atoms with Gasteiger partial charge in [0.05, 0.1) is 12.2 Å². The van der Waals surface area contributed by atoms with Gasteiger partial charge in [0.15, 0.2) is 0 Å². The fraction of sp³-hybridized carbons (Fsp3) is 0.552. The van der Waals surface area contributed by atoms with Crippen LogP contribution in [0.4, 0.5) is 0 Å². The Balaban J connectivity index is 1.76. The van der Waals surface area contributed by atoms with Crippen molar-refractivity contribution < 1.29 is 14.3 Å². The highest BCUT2D eigenvalue weighted by molar-refractivity contribution is 5.90. The van der Waals surface area contributed by atoms with Crippen molar-refractivity contribution in [2.75, 3.05) is 6.61 Å². The summed E-state index contributed by atoms with van der Waals surface area (Å²) in [6.07, 6.45) is 7.31. The molecule has 1 unspecified atom stereocenters. The molecule has 3 rings (SSSR count). The minimum Gasteiger partial charge on any atom is -0.493 e. The van der Waals surface area contributed by atoms with Crippen LogP contribution in [0.25, 0.3) is 11.1 Å². The van der Waals surface area contributed by atoms with E-state index in [1.165, 1.54) is 16.7 Å². The van der Waals surface area contributed by atoms with Gasteiger partial charge in [-0.25, -0.2) is 4.79 Å². The van der Waals surface area contributed by atoms with Crippen molar-refractivity contribution in [1.29, 1.82) is 0 Å². The lowest BCUT2D eigenvalue weighted by atomic mass is 9.89. The van der Waals surface area contributed by atoms with E-state index in [0.29, 0.717) is 11.5 Å². The maximum atomic E-state index is 12.6. The van der Waals surface area contributed by atoms with Gasteiger partial charge in [-0.05, 0) is 96.9 Å². The monoisotopic (exact) mass is 436 g/mol. The molecule has 0 amide bonds. The Kier molecular flexibility index (Phi) is 8.78. The van der Waals surface area contributed by atoms with E-state index in [0.717, 1.165) is 68.8 Å². The number of esters is 1. The molecule has 32 heavy (non-hydrogen) atoms. The topological polar surface area (TPSA) is 35.5 Å². The van der Waals surface area contributed by atoms with E-state index in [-0.39, 0.29) is 12.1 Å². The lowest BCUT2D eigenvalue weighted by Crippen LogP contribution is -2.23. The van der Waals surface area contributed by atoms with Crippen molar-refractivity contribution >= 4 is 5.97 Å². The van der Waals surface area contributed by atoms with Crippen LogP contribution in [0.1, 0.15) is 88.2 Å². The van der Waals surface area contributed by atoms with E-state index in [4.69, 9.17) is 9.47 Å². The third-order valence-corrected chi connectivity index (χ3v) is 6.94. The molecule has 0 aromatic heterocycles. The maximum Gasteiger partial charge on any atom is 0.338 e. The van der Waals surface area contributed by atoms with Gasteiger partial charge in [0.25, 0.3) is 0 Å². The summed E-state index contributed by atoms with van der Waals surface area (Å²) < 4.78 is 12.0. The number of aryl methyl sites for hydroxylation is 2. The van der Waals surface area contributed by atoms with Crippen LogP contribution in [0.3, 0.4) is 0 Å². The first-order chi connectivity index (χ1) is 15.4. The predicted molar refractivity (Wildman–Crippen MR) is 132 cm³/mol. The largest absolute Gasteiger partial charge is 0.493 e. The van der Waals surface area contributed by atoms with Gasteiger partial charge in [-0.1, -0.05) is 53.2 Å². The standard InChI is InChI=1S/C29H40O3/c1-6-20(4)19-31-28-18-22(7-2)27(17-23(28)8-3)24-11-13-25(14-12-24)29(30)32-26-15-9-21(5)10-16-26/h11-14,17-18,20-21,26H,6-10,15-16,19H2,1-5H3. The van der Waals surface area contributed by atoms with Crippen molar-refractivity contribution in [1.82, 2.24) is 0 Å². The molecule has 3 heteroatoms. The van der Waals surface area contributed by atoms with Crippen LogP contribution in [-0.4, -0.2) is 18.7 Å². The molecule has 2 aromatic carbocycles. The Labute approximate surface area is 194 Å². The summed E-state index contributed by atoms with van der Waals surface area (Å²) in [4.78, 5) is 12.6. The summed E-state index contributed by atoms with van der Waals surface area (Å²) in [5.74, 6) is 2.11. The molecule has 0 saturated heterocycles. The van der Waals surface area contributed by atoms with Crippen LogP contribution in [0.5, 0.6) is 5.75 Å². The quantitative estimate of drug-likeness (QED) is 0.379. The Morgan fingerprint density at radius 1 is 0.969 bits per heavy atom. The van der Waals surface area contributed by atoms with Crippen molar-refractivity contribution in [3.63, 3.8) is 0 Å². The zero-order chi connectivity index (χ0) is 23.1. The highest BCUT2D eigenvalue weighted by atomic mass is 16.5. The molecule has 0 radical (unpaired) electrons. The van der Waals surface area contributed by atoms with Crippen molar-refractivity contribution in [2.45, 2.75) is 85.7 Å². The maximum absolute atomic E-state index is 12.6. The molecule has 0 heterocycles. The van der Waals surface area contributed by atoms with Crippen molar-refractivity contribution in [3.05, 3.63) is 53.1 Å². The van der Waals surface area contributed by atoms with Gasteiger partial charge >= 0.3 is 5.97 Å². The highest BCUT2D eigenvalue weighted by Gasteiger charge is 2.22. The molecule has 1 saturated carbocycles. The number of hydrogen-bond acceptors (Lipinski definition) is 3. The minimum absolute atomic E-state index is 0.0696. The molecule has 174 valence electrons. The van der Waals surface area contributed by atoms with E-state index >= 15 is 0 Å².